The molecular formula is C17H18Cl2N2O3S. The predicted octanol–water partition coefficient (Wildman–Crippen LogP) is 4.12. The van der Waals surface area contributed by atoms with Gasteiger partial charge in [0, 0.05) is 16.5 Å². The van der Waals surface area contributed by atoms with Crippen molar-refractivity contribution in [3.05, 3.63) is 39.3 Å². The van der Waals surface area contributed by atoms with Gasteiger partial charge in [-0.3, -0.25) is 9.59 Å². The smallest absolute Gasteiger partial charge is 0.312 e. The molecule has 0 unspecified atom stereocenters. The van der Waals surface area contributed by atoms with E-state index in [0.717, 1.165) is 0 Å². The van der Waals surface area contributed by atoms with E-state index in [4.69, 9.17) is 27.9 Å². The number of hydrogen-bond donors (Lipinski definition) is 1. The summed E-state index contributed by atoms with van der Waals surface area (Å²) in [6, 6.07) is 5.21. The predicted molar refractivity (Wildman–Crippen MR) is 100 cm³/mol. The molecule has 0 saturated heterocycles. The maximum atomic E-state index is 11.9. The van der Waals surface area contributed by atoms with E-state index in [0.29, 0.717) is 26.3 Å². The second kappa shape index (κ2) is 8.17. The Kier molecular flexibility index (Phi) is 6.43. The molecule has 1 aromatic heterocycles. The highest BCUT2D eigenvalue weighted by Gasteiger charge is 2.17. The minimum absolute atomic E-state index is 0.0264. The third kappa shape index (κ3) is 5.99. The number of hydrogen-bond acceptors (Lipinski definition) is 5. The van der Waals surface area contributed by atoms with Gasteiger partial charge in [0.15, 0.2) is 6.61 Å². The second-order valence-electron chi connectivity index (χ2n) is 6.38. The quantitative estimate of drug-likeness (QED) is 0.766. The number of rotatable bonds is 5. The third-order valence-electron chi connectivity index (χ3n) is 2.93. The van der Waals surface area contributed by atoms with Crippen molar-refractivity contribution in [2.45, 2.75) is 32.7 Å². The van der Waals surface area contributed by atoms with Gasteiger partial charge in [-0.2, -0.15) is 0 Å². The number of aromatic nitrogens is 1. The minimum atomic E-state index is -0.522. The Morgan fingerprint density at radius 2 is 1.88 bits per heavy atom. The zero-order valence-corrected chi connectivity index (χ0v) is 16.4. The van der Waals surface area contributed by atoms with E-state index < -0.39 is 5.97 Å². The largest absolute Gasteiger partial charge is 0.455 e. The molecule has 0 saturated carbocycles. The SMILES string of the molecule is CC(C)(C)NC(=O)COC(=O)Cc1csc(-c2c(Cl)cccc2Cl)n1. The lowest BCUT2D eigenvalue weighted by Gasteiger charge is -2.20. The summed E-state index contributed by atoms with van der Waals surface area (Å²) in [4.78, 5) is 27.9. The summed E-state index contributed by atoms with van der Waals surface area (Å²) < 4.78 is 4.98. The third-order valence-corrected chi connectivity index (χ3v) is 4.47. The van der Waals surface area contributed by atoms with Gasteiger partial charge in [-0.25, -0.2) is 4.98 Å². The molecule has 0 aliphatic carbocycles. The van der Waals surface area contributed by atoms with Gasteiger partial charge in [0.2, 0.25) is 0 Å². The monoisotopic (exact) mass is 400 g/mol. The van der Waals surface area contributed by atoms with Gasteiger partial charge in [0.05, 0.1) is 22.2 Å². The molecule has 5 nitrogen and oxygen atoms in total. The van der Waals surface area contributed by atoms with Crippen LogP contribution in [0.1, 0.15) is 26.5 Å². The van der Waals surface area contributed by atoms with Crippen molar-refractivity contribution in [2.24, 2.45) is 0 Å². The average molecular weight is 401 g/mol. The molecule has 1 heterocycles. The van der Waals surface area contributed by atoms with Crippen molar-refractivity contribution in [3.8, 4) is 10.6 Å². The fourth-order valence-electron chi connectivity index (χ4n) is 2.00. The van der Waals surface area contributed by atoms with E-state index in [9.17, 15) is 9.59 Å². The lowest BCUT2D eigenvalue weighted by Crippen LogP contribution is -2.42. The molecule has 1 aromatic carbocycles. The van der Waals surface area contributed by atoms with E-state index >= 15 is 0 Å². The maximum Gasteiger partial charge on any atom is 0.312 e. The van der Waals surface area contributed by atoms with E-state index in [1.165, 1.54) is 11.3 Å². The second-order valence-corrected chi connectivity index (χ2v) is 8.05. The Hall–Kier alpha value is -1.63. The van der Waals surface area contributed by atoms with Crippen molar-refractivity contribution >= 4 is 46.4 Å². The molecular weight excluding hydrogens is 383 g/mol. The number of carbonyl (C=O) groups is 2. The number of amides is 1. The normalized spacial score (nSPS) is 11.2. The number of carbonyl (C=O) groups excluding carboxylic acids is 2. The van der Waals surface area contributed by atoms with Gasteiger partial charge in [-0.15, -0.1) is 11.3 Å². The van der Waals surface area contributed by atoms with Crippen molar-refractivity contribution < 1.29 is 14.3 Å². The van der Waals surface area contributed by atoms with Crippen molar-refractivity contribution in [1.82, 2.24) is 10.3 Å². The molecule has 25 heavy (non-hydrogen) atoms. The Bertz CT molecular complexity index is 764. The molecule has 134 valence electrons. The molecule has 0 aliphatic rings. The number of nitrogens with one attached hydrogen (secondary N) is 1. The van der Waals surface area contributed by atoms with E-state index in [2.05, 4.69) is 10.3 Å². The van der Waals surface area contributed by atoms with Crippen LogP contribution in [0.25, 0.3) is 10.6 Å². The molecule has 0 aliphatic heterocycles. The van der Waals surface area contributed by atoms with E-state index in [1.807, 2.05) is 20.8 Å². The highest BCUT2D eigenvalue weighted by Crippen LogP contribution is 2.36. The van der Waals surface area contributed by atoms with E-state index in [1.54, 1.807) is 23.6 Å². The van der Waals surface area contributed by atoms with Crippen molar-refractivity contribution in [1.29, 1.82) is 0 Å². The summed E-state index contributed by atoms with van der Waals surface area (Å²) in [7, 11) is 0. The Labute approximate surface area is 160 Å². The first-order valence-corrected chi connectivity index (χ1v) is 9.14. The van der Waals surface area contributed by atoms with Crippen LogP contribution < -0.4 is 5.32 Å². The first-order chi connectivity index (χ1) is 11.7. The van der Waals surface area contributed by atoms with Gasteiger partial charge < -0.3 is 10.1 Å². The molecule has 1 N–H and O–H groups in total. The highest BCUT2D eigenvalue weighted by atomic mass is 35.5. The molecule has 0 radical (unpaired) electrons. The standard InChI is InChI=1S/C17H18Cl2N2O3S/c1-17(2,3)21-13(22)8-24-14(23)7-10-9-25-16(20-10)15-11(18)5-4-6-12(15)19/h4-6,9H,7-8H2,1-3H3,(H,21,22). The fourth-order valence-corrected chi connectivity index (χ4v) is 3.58. The van der Waals surface area contributed by atoms with Crippen LogP contribution in [0.2, 0.25) is 10.0 Å². The maximum absolute atomic E-state index is 11.9. The van der Waals surface area contributed by atoms with Crippen LogP contribution in [0, 0.1) is 0 Å². The lowest BCUT2D eigenvalue weighted by molar-refractivity contribution is -0.148. The first-order valence-electron chi connectivity index (χ1n) is 7.51. The van der Waals surface area contributed by atoms with Gasteiger partial charge in [0.25, 0.3) is 5.91 Å². The molecule has 8 heteroatoms. The molecule has 2 aromatic rings. The van der Waals surface area contributed by atoms with Crippen LogP contribution in [0.15, 0.2) is 23.6 Å². The molecule has 0 bridgehead atoms. The summed E-state index contributed by atoms with van der Waals surface area (Å²) in [5.74, 6) is -0.867. The Morgan fingerprint density at radius 1 is 1.24 bits per heavy atom. The number of halogens is 2. The number of thiazole rings is 1. The summed E-state index contributed by atoms with van der Waals surface area (Å²) >= 11 is 13.7. The molecule has 0 atom stereocenters. The van der Waals surface area contributed by atoms with Crippen LogP contribution in [-0.4, -0.2) is 29.0 Å². The molecule has 0 fully saturated rings. The number of esters is 1. The molecule has 1 amide bonds. The van der Waals surface area contributed by atoms with Crippen LogP contribution >= 0.6 is 34.5 Å². The van der Waals surface area contributed by atoms with Gasteiger partial charge >= 0.3 is 5.97 Å². The van der Waals surface area contributed by atoms with Crippen LogP contribution in [0.5, 0.6) is 0 Å². The summed E-state index contributed by atoms with van der Waals surface area (Å²) in [6.07, 6.45) is -0.0264. The van der Waals surface area contributed by atoms with Gasteiger partial charge in [0.1, 0.15) is 5.01 Å². The number of nitrogens with zero attached hydrogens (tertiary/aromatic N) is 1. The Morgan fingerprint density at radius 3 is 2.48 bits per heavy atom. The van der Waals surface area contributed by atoms with Gasteiger partial charge in [-0.1, -0.05) is 29.3 Å². The fraction of sp³-hybridized carbons (Fsp3) is 0.353. The summed E-state index contributed by atoms with van der Waals surface area (Å²) in [5, 5.41) is 6.08. The lowest BCUT2D eigenvalue weighted by atomic mass is 10.1. The molecule has 0 spiro atoms. The van der Waals surface area contributed by atoms with Crippen molar-refractivity contribution in [3.63, 3.8) is 0 Å². The van der Waals surface area contributed by atoms with Crippen LogP contribution in [0.3, 0.4) is 0 Å². The Balaban J connectivity index is 1.95. The summed E-state index contributed by atoms with van der Waals surface area (Å²) in [5.41, 5.74) is 0.804. The average Bonchev–Trinajstić information content (AvgIpc) is 2.91. The molecule has 2 rings (SSSR count). The zero-order valence-electron chi connectivity index (χ0n) is 14.1. The summed E-state index contributed by atoms with van der Waals surface area (Å²) in [6.45, 7) is 5.24. The van der Waals surface area contributed by atoms with E-state index in [-0.39, 0.29) is 24.5 Å². The zero-order chi connectivity index (χ0) is 18.6. The van der Waals surface area contributed by atoms with Crippen LogP contribution in [0.4, 0.5) is 0 Å². The number of ether oxygens (including phenoxy) is 1. The minimum Gasteiger partial charge on any atom is -0.455 e. The van der Waals surface area contributed by atoms with Gasteiger partial charge in [-0.05, 0) is 32.9 Å². The highest BCUT2D eigenvalue weighted by molar-refractivity contribution is 7.13. The topological polar surface area (TPSA) is 68.3 Å². The van der Waals surface area contributed by atoms with Crippen LogP contribution in [-0.2, 0) is 20.7 Å². The number of benzene rings is 1. The van der Waals surface area contributed by atoms with Crippen molar-refractivity contribution in [2.75, 3.05) is 6.61 Å². The first kappa shape index (κ1) is 19.7.